The Labute approximate surface area is 138 Å². The molecule has 2 amide bonds. The molecule has 2 rings (SSSR count). The Morgan fingerprint density at radius 2 is 1.83 bits per heavy atom. The molecule has 2 atom stereocenters. The van der Waals surface area contributed by atoms with E-state index in [1.54, 1.807) is 31.3 Å². The third kappa shape index (κ3) is 3.45. The highest BCUT2D eigenvalue weighted by molar-refractivity contribution is 6.01. The van der Waals surface area contributed by atoms with Gasteiger partial charge in [-0.1, -0.05) is 6.58 Å². The van der Waals surface area contributed by atoms with Crippen LogP contribution in [0.25, 0.3) is 0 Å². The number of likely N-dealkylation sites (N-methyl/N-ethyl adjacent to an activating group) is 2. The zero-order valence-electron chi connectivity index (χ0n) is 14.3. The number of likely N-dealkylation sites (tertiary alicyclic amines) is 1. The number of amides is 2. The largest absolute Gasteiger partial charge is 0.334 e. The molecule has 1 saturated heterocycles. The number of hydrogen-bond donors (Lipinski definition) is 0. The third-order valence-electron chi connectivity index (χ3n) is 4.65. The predicted molar refractivity (Wildman–Crippen MR) is 92.6 cm³/mol. The van der Waals surface area contributed by atoms with Gasteiger partial charge >= 0.3 is 0 Å². The first-order valence-corrected chi connectivity index (χ1v) is 7.84. The first-order chi connectivity index (χ1) is 10.9. The molecule has 23 heavy (non-hydrogen) atoms. The monoisotopic (exact) mass is 315 g/mol. The van der Waals surface area contributed by atoms with Gasteiger partial charge in [-0.25, -0.2) is 0 Å². The van der Waals surface area contributed by atoms with Crippen LogP contribution >= 0.6 is 0 Å². The van der Waals surface area contributed by atoms with Gasteiger partial charge in [0.15, 0.2) is 0 Å². The summed E-state index contributed by atoms with van der Waals surface area (Å²) >= 11 is 0. The van der Waals surface area contributed by atoms with E-state index in [-0.39, 0.29) is 17.9 Å². The number of benzene rings is 1. The molecule has 0 aromatic heterocycles. The predicted octanol–water partition coefficient (Wildman–Crippen LogP) is 2.00. The van der Waals surface area contributed by atoms with Crippen molar-refractivity contribution in [3.63, 3.8) is 0 Å². The van der Waals surface area contributed by atoms with Crippen molar-refractivity contribution in [2.45, 2.75) is 25.4 Å². The number of hydrogen-bond acceptors (Lipinski definition) is 3. The van der Waals surface area contributed by atoms with Gasteiger partial charge in [-0.2, -0.15) is 0 Å². The molecule has 1 aliphatic heterocycles. The van der Waals surface area contributed by atoms with E-state index in [2.05, 4.69) is 32.5 Å². The second-order valence-electron chi connectivity index (χ2n) is 6.21. The lowest BCUT2D eigenvalue weighted by atomic mass is 10.1. The van der Waals surface area contributed by atoms with Crippen molar-refractivity contribution in [3.8, 4) is 0 Å². The second kappa shape index (κ2) is 6.96. The SMILES string of the molecule is C=CC(=O)N(C)c1ccc(C(=O)N2CCC(N(C)C)C2C)cc1. The summed E-state index contributed by atoms with van der Waals surface area (Å²) in [6.07, 6.45) is 2.26. The quantitative estimate of drug-likeness (QED) is 0.798. The fourth-order valence-corrected chi connectivity index (χ4v) is 3.16. The number of anilines is 1. The van der Waals surface area contributed by atoms with Crippen LogP contribution in [0.2, 0.25) is 0 Å². The van der Waals surface area contributed by atoms with Crippen molar-refractivity contribution in [2.24, 2.45) is 0 Å². The second-order valence-corrected chi connectivity index (χ2v) is 6.21. The minimum Gasteiger partial charge on any atom is -0.334 e. The van der Waals surface area contributed by atoms with Crippen molar-refractivity contribution in [1.82, 2.24) is 9.80 Å². The zero-order chi connectivity index (χ0) is 17.1. The molecule has 1 fully saturated rings. The Morgan fingerprint density at radius 1 is 1.22 bits per heavy atom. The molecule has 1 aromatic carbocycles. The van der Waals surface area contributed by atoms with Gasteiger partial charge in [0.2, 0.25) is 5.91 Å². The summed E-state index contributed by atoms with van der Waals surface area (Å²) in [4.78, 5) is 29.9. The zero-order valence-corrected chi connectivity index (χ0v) is 14.3. The topological polar surface area (TPSA) is 43.9 Å². The molecule has 2 unspecified atom stereocenters. The summed E-state index contributed by atoms with van der Waals surface area (Å²) in [5.41, 5.74) is 1.39. The van der Waals surface area contributed by atoms with E-state index in [9.17, 15) is 9.59 Å². The smallest absolute Gasteiger partial charge is 0.254 e. The summed E-state index contributed by atoms with van der Waals surface area (Å²) in [6, 6.07) is 7.73. The standard InChI is InChI=1S/C18H25N3O2/c1-6-17(22)20(5)15-9-7-14(8-10-15)18(23)21-12-11-16(13(21)2)19(3)4/h6-10,13,16H,1,11-12H2,2-5H3. The van der Waals surface area contributed by atoms with Crippen molar-refractivity contribution >= 4 is 17.5 Å². The Kier molecular flexibility index (Phi) is 5.21. The average molecular weight is 315 g/mol. The molecule has 5 heteroatoms. The number of nitrogens with zero attached hydrogens (tertiary/aromatic N) is 3. The van der Waals surface area contributed by atoms with Gasteiger partial charge in [-0.15, -0.1) is 0 Å². The van der Waals surface area contributed by atoms with E-state index in [0.29, 0.717) is 11.6 Å². The van der Waals surface area contributed by atoms with Crippen LogP contribution in [0.5, 0.6) is 0 Å². The molecule has 124 valence electrons. The normalized spacial score (nSPS) is 20.7. The van der Waals surface area contributed by atoms with Crippen molar-refractivity contribution in [2.75, 3.05) is 32.6 Å². The molecule has 5 nitrogen and oxygen atoms in total. The van der Waals surface area contributed by atoms with E-state index >= 15 is 0 Å². The molecule has 0 spiro atoms. The van der Waals surface area contributed by atoms with Crippen LogP contribution in [0.3, 0.4) is 0 Å². The van der Waals surface area contributed by atoms with Crippen molar-refractivity contribution in [3.05, 3.63) is 42.5 Å². The lowest BCUT2D eigenvalue weighted by molar-refractivity contribution is -0.113. The first kappa shape index (κ1) is 17.2. The Hall–Kier alpha value is -2.14. The van der Waals surface area contributed by atoms with Gasteiger partial charge in [0, 0.05) is 36.9 Å². The molecular weight excluding hydrogens is 290 g/mol. The highest BCUT2D eigenvalue weighted by Gasteiger charge is 2.35. The van der Waals surface area contributed by atoms with E-state index in [4.69, 9.17) is 0 Å². The minimum absolute atomic E-state index is 0.0473. The molecule has 1 aliphatic rings. The fraction of sp³-hybridized carbons (Fsp3) is 0.444. The van der Waals surface area contributed by atoms with Crippen LogP contribution in [0.15, 0.2) is 36.9 Å². The summed E-state index contributed by atoms with van der Waals surface area (Å²) in [6.45, 7) is 6.35. The number of carbonyl (C=O) groups excluding carboxylic acids is 2. The van der Waals surface area contributed by atoms with Crippen LogP contribution in [-0.2, 0) is 4.79 Å². The Morgan fingerprint density at radius 3 is 2.30 bits per heavy atom. The molecule has 1 aromatic rings. The Balaban J connectivity index is 2.12. The Bertz CT molecular complexity index is 595. The van der Waals surface area contributed by atoms with E-state index in [1.165, 1.54) is 11.0 Å². The molecule has 0 bridgehead atoms. The van der Waals surface area contributed by atoms with E-state index in [0.717, 1.165) is 18.7 Å². The first-order valence-electron chi connectivity index (χ1n) is 7.84. The van der Waals surface area contributed by atoms with Gasteiger partial charge in [-0.05, 0) is 57.8 Å². The molecule has 0 saturated carbocycles. The van der Waals surface area contributed by atoms with Crippen LogP contribution in [0.4, 0.5) is 5.69 Å². The van der Waals surface area contributed by atoms with Crippen molar-refractivity contribution in [1.29, 1.82) is 0 Å². The van der Waals surface area contributed by atoms with Gasteiger partial charge < -0.3 is 14.7 Å². The highest BCUT2D eigenvalue weighted by Crippen LogP contribution is 2.24. The summed E-state index contributed by atoms with van der Waals surface area (Å²) in [5.74, 6) is -0.128. The molecule has 0 N–H and O–H groups in total. The maximum absolute atomic E-state index is 12.7. The summed E-state index contributed by atoms with van der Waals surface area (Å²) < 4.78 is 0. The average Bonchev–Trinajstić information content (AvgIpc) is 2.94. The van der Waals surface area contributed by atoms with Crippen LogP contribution in [0, 0.1) is 0 Å². The van der Waals surface area contributed by atoms with Gasteiger partial charge in [-0.3, -0.25) is 9.59 Å². The van der Waals surface area contributed by atoms with Crippen LogP contribution in [0.1, 0.15) is 23.7 Å². The molecule has 1 heterocycles. The molecule has 0 aliphatic carbocycles. The van der Waals surface area contributed by atoms with Crippen LogP contribution in [-0.4, -0.2) is 61.4 Å². The fourth-order valence-electron chi connectivity index (χ4n) is 3.16. The minimum atomic E-state index is -0.175. The van der Waals surface area contributed by atoms with E-state index < -0.39 is 0 Å². The lowest BCUT2D eigenvalue weighted by Crippen LogP contribution is -2.42. The van der Waals surface area contributed by atoms with Gasteiger partial charge in [0.25, 0.3) is 5.91 Å². The van der Waals surface area contributed by atoms with Crippen LogP contribution < -0.4 is 4.90 Å². The van der Waals surface area contributed by atoms with Crippen molar-refractivity contribution < 1.29 is 9.59 Å². The summed E-state index contributed by atoms with van der Waals surface area (Å²) in [5, 5.41) is 0. The molecule has 0 radical (unpaired) electrons. The molecular formula is C18H25N3O2. The maximum Gasteiger partial charge on any atom is 0.254 e. The van der Waals surface area contributed by atoms with Gasteiger partial charge in [0.1, 0.15) is 0 Å². The third-order valence-corrected chi connectivity index (χ3v) is 4.65. The maximum atomic E-state index is 12.7. The summed E-state index contributed by atoms with van der Waals surface area (Å²) in [7, 11) is 5.79. The lowest BCUT2D eigenvalue weighted by Gasteiger charge is -2.28. The highest BCUT2D eigenvalue weighted by atomic mass is 16.2. The number of carbonyl (C=O) groups is 2. The van der Waals surface area contributed by atoms with Gasteiger partial charge in [0.05, 0.1) is 0 Å². The number of rotatable bonds is 4. The van der Waals surface area contributed by atoms with E-state index in [1.807, 2.05) is 4.90 Å².